The number of fused-ring (bicyclic) bond motifs is 1. The standard InChI is InChI=1S/C19H20N4O/c1-2-5-15(6-3-1)19-22-18(24-23-19)13-21-16-9-8-14-7-4-12-20-17(14)11-10-16/h1-7,12,16,21H,8-11,13H2. The van der Waals surface area contributed by atoms with E-state index in [1.54, 1.807) is 0 Å². The number of aryl methyl sites for hydroxylation is 2. The predicted octanol–water partition coefficient (Wildman–Crippen LogP) is 3.17. The average Bonchev–Trinajstić information content (AvgIpc) is 3.02. The van der Waals surface area contributed by atoms with Crippen LogP contribution in [0.5, 0.6) is 0 Å². The normalized spacial score (nSPS) is 17.2. The second kappa shape index (κ2) is 6.93. The van der Waals surface area contributed by atoms with Gasteiger partial charge in [-0.05, 0) is 37.3 Å². The van der Waals surface area contributed by atoms with Crippen LogP contribution in [0.25, 0.3) is 11.4 Å². The Bertz CT molecular complexity index is 773. The zero-order chi connectivity index (χ0) is 16.2. The summed E-state index contributed by atoms with van der Waals surface area (Å²) in [7, 11) is 0. The van der Waals surface area contributed by atoms with E-state index in [1.807, 2.05) is 42.6 Å². The lowest BCUT2D eigenvalue weighted by molar-refractivity contribution is 0.350. The number of nitrogens with zero attached hydrogens (tertiary/aromatic N) is 3. The van der Waals surface area contributed by atoms with Gasteiger partial charge in [0.05, 0.1) is 6.54 Å². The fourth-order valence-electron chi connectivity index (χ4n) is 3.18. The van der Waals surface area contributed by atoms with Gasteiger partial charge in [0.25, 0.3) is 0 Å². The third-order valence-electron chi connectivity index (χ3n) is 4.52. The van der Waals surface area contributed by atoms with Gasteiger partial charge in [-0.25, -0.2) is 0 Å². The maximum absolute atomic E-state index is 5.37. The fourth-order valence-corrected chi connectivity index (χ4v) is 3.18. The van der Waals surface area contributed by atoms with Gasteiger partial charge in [0, 0.05) is 23.5 Å². The molecule has 3 aromatic rings. The second-order valence-electron chi connectivity index (χ2n) is 6.14. The van der Waals surface area contributed by atoms with Crippen molar-refractivity contribution in [1.82, 2.24) is 20.4 Å². The van der Waals surface area contributed by atoms with Gasteiger partial charge in [0.1, 0.15) is 0 Å². The molecule has 2 heterocycles. The minimum atomic E-state index is 0.450. The van der Waals surface area contributed by atoms with Gasteiger partial charge in [0.2, 0.25) is 11.7 Å². The number of hydrogen-bond donors (Lipinski definition) is 1. The molecule has 24 heavy (non-hydrogen) atoms. The lowest BCUT2D eigenvalue weighted by atomic mass is 10.1. The number of hydrogen-bond acceptors (Lipinski definition) is 5. The number of nitrogens with one attached hydrogen (secondary N) is 1. The predicted molar refractivity (Wildman–Crippen MR) is 91.2 cm³/mol. The SMILES string of the molecule is c1ccc(-c2noc(CNC3CCc4cccnc4CC3)n2)cc1. The highest BCUT2D eigenvalue weighted by molar-refractivity contribution is 5.53. The summed E-state index contributed by atoms with van der Waals surface area (Å²) >= 11 is 0. The van der Waals surface area contributed by atoms with Gasteiger partial charge in [-0.1, -0.05) is 41.6 Å². The van der Waals surface area contributed by atoms with E-state index in [4.69, 9.17) is 4.52 Å². The smallest absolute Gasteiger partial charge is 0.240 e. The van der Waals surface area contributed by atoms with Gasteiger partial charge in [-0.2, -0.15) is 4.98 Å². The van der Waals surface area contributed by atoms with Gasteiger partial charge in [0.15, 0.2) is 0 Å². The summed E-state index contributed by atoms with van der Waals surface area (Å²) in [5.41, 5.74) is 3.60. The molecule has 1 unspecified atom stereocenters. The Labute approximate surface area is 141 Å². The van der Waals surface area contributed by atoms with E-state index >= 15 is 0 Å². The zero-order valence-corrected chi connectivity index (χ0v) is 13.5. The maximum Gasteiger partial charge on any atom is 0.240 e. The molecule has 1 atom stereocenters. The van der Waals surface area contributed by atoms with Crippen molar-refractivity contribution in [1.29, 1.82) is 0 Å². The molecule has 0 bridgehead atoms. The first-order valence-corrected chi connectivity index (χ1v) is 8.42. The molecule has 0 radical (unpaired) electrons. The lowest BCUT2D eigenvalue weighted by Gasteiger charge is -2.14. The second-order valence-corrected chi connectivity index (χ2v) is 6.14. The lowest BCUT2D eigenvalue weighted by Crippen LogP contribution is -2.28. The summed E-state index contributed by atoms with van der Waals surface area (Å²) in [5, 5.41) is 7.62. The Morgan fingerprint density at radius 1 is 1.04 bits per heavy atom. The molecule has 0 saturated heterocycles. The summed E-state index contributed by atoms with van der Waals surface area (Å²) in [6.45, 7) is 0.605. The van der Waals surface area contributed by atoms with Crippen LogP contribution in [0.2, 0.25) is 0 Å². The third kappa shape index (κ3) is 3.36. The van der Waals surface area contributed by atoms with Crippen LogP contribution in [-0.4, -0.2) is 21.2 Å². The summed E-state index contributed by atoms with van der Waals surface area (Å²) in [5.74, 6) is 1.28. The third-order valence-corrected chi connectivity index (χ3v) is 4.52. The minimum Gasteiger partial charge on any atom is -0.338 e. The van der Waals surface area contributed by atoms with Crippen LogP contribution < -0.4 is 5.32 Å². The molecular formula is C19H20N4O. The molecule has 122 valence electrons. The number of rotatable bonds is 4. The molecule has 2 aromatic heterocycles. The molecular weight excluding hydrogens is 300 g/mol. The Morgan fingerprint density at radius 2 is 1.92 bits per heavy atom. The van der Waals surface area contributed by atoms with Crippen LogP contribution >= 0.6 is 0 Å². The number of benzene rings is 1. The van der Waals surface area contributed by atoms with E-state index in [2.05, 4.69) is 26.5 Å². The molecule has 5 nitrogen and oxygen atoms in total. The first kappa shape index (κ1) is 15.0. The molecule has 0 amide bonds. The largest absolute Gasteiger partial charge is 0.338 e. The highest BCUT2D eigenvalue weighted by atomic mass is 16.5. The van der Waals surface area contributed by atoms with Crippen molar-refractivity contribution in [2.24, 2.45) is 0 Å². The van der Waals surface area contributed by atoms with Crippen molar-refractivity contribution in [2.75, 3.05) is 0 Å². The number of pyridine rings is 1. The van der Waals surface area contributed by atoms with Crippen LogP contribution in [0.4, 0.5) is 0 Å². The van der Waals surface area contributed by atoms with E-state index in [-0.39, 0.29) is 0 Å². The molecule has 1 N–H and O–H groups in total. The topological polar surface area (TPSA) is 63.8 Å². The van der Waals surface area contributed by atoms with E-state index in [1.165, 1.54) is 11.3 Å². The molecule has 0 fully saturated rings. The highest BCUT2D eigenvalue weighted by Crippen LogP contribution is 2.19. The average molecular weight is 320 g/mol. The number of aromatic nitrogens is 3. The molecule has 0 spiro atoms. The first-order chi connectivity index (χ1) is 11.9. The molecule has 0 saturated carbocycles. The molecule has 1 aromatic carbocycles. The van der Waals surface area contributed by atoms with Gasteiger partial charge in [-0.15, -0.1) is 0 Å². The van der Waals surface area contributed by atoms with Gasteiger partial charge < -0.3 is 9.84 Å². The maximum atomic E-state index is 5.37. The van der Waals surface area contributed by atoms with Gasteiger partial charge in [-0.3, -0.25) is 4.98 Å². The Morgan fingerprint density at radius 3 is 2.83 bits per heavy atom. The van der Waals surface area contributed by atoms with Crippen LogP contribution in [0, 0.1) is 0 Å². The van der Waals surface area contributed by atoms with Crippen LogP contribution in [0.1, 0.15) is 30.0 Å². The molecule has 0 aliphatic heterocycles. The Hall–Kier alpha value is -2.53. The van der Waals surface area contributed by atoms with Crippen LogP contribution in [0.15, 0.2) is 53.2 Å². The molecule has 4 rings (SSSR count). The van der Waals surface area contributed by atoms with Crippen molar-refractivity contribution >= 4 is 0 Å². The zero-order valence-electron chi connectivity index (χ0n) is 13.5. The fraction of sp³-hybridized carbons (Fsp3) is 0.316. The Balaban J connectivity index is 1.35. The first-order valence-electron chi connectivity index (χ1n) is 8.42. The summed E-state index contributed by atoms with van der Waals surface area (Å²) in [6.07, 6.45) is 6.17. The van der Waals surface area contributed by atoms with E-state index < -0.39 is 0 Å². The van der Waals surface area contributed by atoms with Crippen LogP contribution in [0.3, 0.4) is 0 Å². The summed E-state index contributed by atoms with van der Waals surface area (Å²) in [6, 6.07) is 14.6. The van der Waals surface area contributed by atoms with Crippen molar-refractivity contribution in [3.05, 3.63) is 65.8 Å². The van der Waals surface area contributed by atoms with E-state index in [9.17, 15) is 0 Å². The van der Waals surface area contributed by atoms with Crippen LogP contribution in [-0.2, 0) is 19.4 Å². The molecule has 1 aliphatic carbocycles. The summed E-state index contributed by atoms with van der Waals surface area (Å²) < 4.78 is 5.37. The minimum absolute atomic E-state index is 0.450. The van der Waals surface area contributed by atoms with E-state index in [0.29, 0.717) is 24.3 Å². The highest BCUT2D eigenvalue weighted by Gasteiger charge is 2.17. The summed E-state index contributed by atoms with van der Waals surface area (Å²) in [4.78, 5) is 8.98. The Kier molecular flexibility index (Phi) is 4.34. The van der Waals surface area contributed by atoms with Crippen molar-refractivity contribution in [3.8, 4) is 11.4 Å². The van der Waals surface area contributed by atoms with Crippen molar-refractivity contribution < 1.29 is 4.52 Å². The van der Waals surface area contributed by atoms with Gasteiger partial charge >= 0.3 is 0 Å². The molecule has 5 heteroatoms. The monoisotopic (exact) mass is 320 g/mol. The molecule has 1 aliphatic rings. The van der Waals surface area contributed by atoms with E-state index in [0.717, 1.165) is 31.2 Å². The van der Waals surface area contributed by atoms with Crippen molar-refractivity contribution in [2.45, 2.75) is 38.3 Å². The quantitative estimate of drug-likeness (QED) is 0.748. The van der Waals surface area contributed by atoms with Crippen molar-refractivity contribution in [3.63, 3.8) is 0 Å².